The van der Waals surface area contributed by atoms with Crippen molar-refractivity contribution in [2.45, 2.75) is 39.8 Å². The third-order valence-corrected chi connectivity index (χ3v) is 5.47. The maximum Gasteiger partial charge on any atom is 0.466 e. The number of aliphatic carboxylic acids is 2. The minimum atomic E-state index is -4.64. The fourth-order valence-electron chi connectivity index (χ4n) is 3.82. The number of carbonyl (C=O) groups is 2. The van der Waals surface area contributed by atoms with Crippen LogP contribution in [-0.4, -0.2) is 58.0 Å². The molecule has 2 aromatic carbocycles. The second-order valence-corrected chi connectivity index (χ2v) is 9.40. The summed E-state index contributed by atoms with van der Waals surface area (Å²) in [7, 11) is 0.496. The van der Waals surface area contributed by atoms with Gasteiger partial charge in [0.05, 0.1) is 0 Å². The number of aromatic nitrogens is 2. The number of nitrogens with two attached hydrogens (primary N) is 2. The van der Waals surface area contributed by atoms with Crippen molar-refractivity contribution in [1.82, 2.24) is 9.13 Å². The standard InChI is InChI=1S/2C12H14N2O2.2CH4.H3O4P.H/c2*1-14-7-8(6-10(13)12(15)16)9-4-2-3-5-11(9)14;;;1-5(2,3)4;/h2*2-5,7,10H,6,13H2,1H3,(H,15,16);2*1H4;(H3,1,2,3,4);/q;;;;;-1/t2*10-;;;;/m11..../s1/i;;1T;;;1+1. The van der Waals surface area contributed by atoms with Gasteiger partial charge < -0.3 is 46.9 Å². The van der Waals surface area contributed by atoms with Crippen molar-refractivity contribution in [3.8, 4) is 0 Å². The number of nitrogens with zero attached hydrogens (tertiary/aromatic N) is 2. The molecule has 0 aliphatic rings. The lowest BCUT2D eigenvalue weighted by molar-refractivity contribution is -0.139. The number of aryl methyl sites for hydroxylation is 2. The third kappa shape index (κ3) is 10.6. The number of carboxylic acids is 2. The van der Waals surface area contributed by atoms with Gasteiger partial charge in [-0.2, -0.15) is 0 Å². The van der Waals surface area contributed by atoms with Crippen LogP contribution < -0.4 is 11.5 Å². The molecule has 9 N–H and O–H groups in total. The van der Waals surface area contributed by atoms with Gasteiger partial charge in [-0.15, -0.1) is 0 Å². The molecule has 0 saturated carbocycles. The van der Waals surface area contributed by atoms with Gasteiger partial charge in [-0.05, 0) is 23.3 Å². The molecule has 0 saturated heterocycles. The summed E-state index contributed by atoms with van der Waals surface area (Å²) < 4.78 is 18.6. The van der Waals surface area contributed by atoms with Crippen molar-refractivity contribution in [2.24, 2.45) is 25.6 Å². The van der Waals surface area contributed by atoms with Crippen LogP contribution in [0.1, 0.15) is 28.8 Å². The summed E-state index contributed by atoms with van der Waals surface area (Å²) >= 11 is 0. The molecule has 2 aromatic heterocycles. The van der Waals surface area contributed by atoms with Crippen LogP contribution >= 0.6 is 7.82 Å². The second kappa shape index (κ2) is 15.2. The normalized spacial score (nSPS) is 12.3. The van der Waals surface area contributed by atoms with E-state index in [1.54, 1.807) is 0 Å². The van der Waals surface area contributed by atoms with Gasteiger partial charge in [0.1, 0.15) is 12.1 Å². The summed E-state index contributed by atoms with van der Waals surface area (Å²) in [5.74, 6) is -1.93. The van der Waals surface area contributed by atoms with Crippen LogP contribution in [0.5, 0.6) is 0 Å². The van der Waals surface area contributed by atoms with Crippen molar-refractivity contribution in [1.29, 1.82) is 0 Å². The predicted octanol–water partition coefficient (Wildman–Crippen LogP) is 2.72. The summed E-state index contributed by atoms with van der Waals surface area (Å²) in [6.07, 6.45) is 4.59. The van der Waals surface area contributed by atoms with Crippen LogP contribution in [0.2, 0.25) is 0 Å². The summed E-state index contributed by atoms with van der Waals surface area (Å²) in [6.45, 7) is 0. The lowest BCUT2D eigenvalue weighted by Gasteiger charge is -2.04. The van der Waals surface area contributed by atoms with E-state index in [9.17, 15) is 9.59 Å². The van der Waals surface area contributed by atoms with Gasteiger partial charge in [0.15, 0.2) is 0 Å². The van der Waals surface area contributed by atoms with Crippen LogP contribution in [0.15, 0.2) is 60.9 Å². The maximum absolute atomic E-state index is 10.7. The van der Waals surface area contributed by atoms with E-state index in [1.807, 2.05) is 84.2 Å². The first-order valence-electron chi connectivity index (χ1n) is 12.0. The Balaban J connectivity index is 0. The van der Waals surface area contributed by atoms with Crippen molar-refractivity contribution in [3.63, 3.8) is 0 Å². The van der Waals surface area contributed by atoms with Crippen molar-refractivity contribution in [3.05, 3.63) is 72.1 Å². The van der Waals surface area contributed by atoms with Gasteiger partial charge in [-0.1, -0.05) is 51.2 Å². The first kappa shape index (κ1) is 33.5. The number of benzene rings is 2. The molecule has 2 atom stereocenters. The zero-order valence-corrected chi connectivity index (χ0v) is 22.2. The second-order valence-electron chi connectivity index (χ2n) is 8.38. The molecule has 39 heavy (non-hydrogen) atoms. The minimum Gasteiger partial charge on any atom is -1.00 e. The summed E-state index contributed by atoms with van der Waals surface area (Å²) in [4.78, 5) is 43.0. The highest BCUT2D eigenvalue weighted by molar-refractivity contribution is 7.45. The monoisotopic (exact) mass is 570 g/mol. The highest BCUT2D eigenvalue weighted by atomic mass is 31.2. The number of rotatable bonds is 6. The molecule has 0 aliphatic heterocycles. The van der Waals surface area contributed by atoms with E-state index in [4.69, 9.17) is 42.3 Å². The third-order valence-electron chi connectivity index (χ3n) is 5.47. The molecule has 0 unspecified atom stereocenters. The van der Waals surface area contributed by atoms with E-state index in [0.29, 0.717) is 12.8 Å². The fraction of sp³-hybridized carbons (Fsp3) is 0.308. The largest absolute Gasteiger partial charge is 1.00 e. The number of carboxylic acid groups (broad SMARTS) is 2. The number of fused-ring (bicyclic) bond motifs is 2. The van der Waals surface area contributed by atoms with Crippen LogP contribution in [0.4, 0.5) is 0 Å². The molecule has 0 spiro atoms. The van der Waals surface area contributed by atoms with Crippen LogP contribution in [-0.2, 0) is 41.1 Å². The molecule has 2 heterocycles. The van der Waals surface area contributed by atoms with Gasteiger partial charge in [-0.3, -0.25) is 9.59 Å². The molecule has 4 rings (SSSR count). The van der Waals surface area contributed by atoms with Gasteiger partial charge in [-0.25, -0.2) is 4.57 Å². The summed E-state index contributed by atoms with van der Waals surface area (Å²) in [5.41, 5.74) is 15.2. The Kier molecular flexibility index (Phi) is 13.0. The zero-order chi connectivity index (χ0) is 29.9. The van der Waals surface area contributed by atoms with Gasteiger partial charge >= 0.3 is 19.8 Å². The van der Waals surface area contributed by atoms with Crippen LogP contribution in [0.25, 0.3) is 21.8 Å². The van der Waals surface area contributed by atoms with Gasteiger partial charge in [0.2, 0.25) is 0 Å². The van der Waals surface area contributed by atoms with E-state index >= 15 is 0 Å². The Morgan fingerprint density at radius 1 is 0.821 bits per heavy atom. The molecule has 0 amide bonds. The van der Waals surface area contributed by atoms with E-state index in [0.717, 1.165) is 32.9 Å². The Labute approximate surface area is 230 Å². The molecule has 13 heteroatoms. The van der Waals surface area contributed by atoms with Crippen molar-refractivity contribution >= 4 is 41.6 Å². The molecule has 0 radical (unpaired) electrons. The summed E-state index contributed by atoms with van der Waals surface area (Å²) in [6, 6.07) is 14.1. The zero-order valence-electron chi connectivity index (χ0n) is 23.3. The van der Waals surface area contributed by atoms with Crippen LogP contribution in [0.3, 0.4) is 0 Å². The average Bonchev–Trinajstić information content (AvgIpc) is 3.36. The highest BCUT2D eigenvalue weighted by Gasteiger charge is 2.16. The Hall–Kier alpha value is -3.51. The SMILES string of the molecule is C.Cn1cc(C[C@@H](N)C(=O)O)c2ccccc21.Cn1cc(C[C@@H](N)C(=O)O)c2ccccc21.O=P(O)(O)O.[2H-].[3H]C. The average molecular weight is 571 g/mol. The Morgan fingerprint density at radius 2 is 1.10 bits per heavy atom. The molecular weight excluding hydrogens is 527 g/mol. The van der Waals surface area contributed by atoms with E-state index in [1.165, 1.54) is 7.40 Å². The van der Waals surface area contributed by atoms with E-state index < -0.39 is 31.8 Å². The molecule has 0 aliphatic carbocycles. The molecule has 218 valence electrons. The number of phosphoric acid groups is 1. The topological polar surface area (TPSA) is 214 Å². The minimum absolute atomic E-state index is 0. The van der Waals surface area contributed by atoms with Gasteiger partial charge in [0, 0.05) is 62.5 Å². The fourth-order valence-corrected chi connectivity index (χ4v) is 3.82. The van der Waals surface area contributed by atoms with Crippen LogP contribution in [0, 0.1) is 0 Å². The molecule has 0 bridgehead atoms. The molecule has 12 nitrogen and oxygen atoms in total. The van der Waals surface area contributed by atoms with Gasteiger partial charge in [0.25, 0.3) is 0 Å². The van der Waals surface area contributed by atoms with E-state index in [-0.39, 0.29) is 8.85 Å². The molecular formula is C26H40N4O8P-. The lowest BCUT2D eigenvalue weighted by Crippen LogP contribution is -2.32. The summed E-state index contributed by atoms with van der Waals surface area (Å²) in [5, 5.41) is 19.7. The predicted molar refractivity (Wildman–Crippen MR) is 153 cm³/mol. The number of hydrogen-bond donors (Lipinski definition) is 7. The first-order valence-corrected chi connectivity index (χ1v) is 12.6. The van der Waals surface area contributed by atoms with E-state index in [2.05, 4.69) is 0 Å². The number of hydrogen-bond acceptors (Lipinski definition) is 5. The van der Waals surface area contributed by atoms with Crippen molar-refractivity contribution in [2.75, 3.05) is 0 Å². The Bertz CT molecular complexity index is 1330. The maximum atomic E-state index is 10.7. The lowest BCUT2D eigenvalue weighted by atomic mass is 10.1. The smallest absolute Gasteiger partial charge is 0.466 e. The number of para-hydroxylation sites is 2. The molecule has 4 aromatic rings. The highest BCUT2D eigenvalue weighted by Crippen LogP contribution is 2.26. The van der Waals surface area contributed by atoms with Crippen molar-refractivity contribution < 1.29 is 41.8 Å². The molecule has 0 fully saturated rings. The Morgan fingerprint density at radius 3 is 1.38 bits per heavy atom. The first-order chi connectivity index (χ1) is 18.2. The quantitative estimate of drug-likeness (QED) is 0.168.